The van der Waals surface area contributed by atoms with Crippen LogP contribution in [0.15, 0.2) is 24.3 Å². The summed E-state index contributed by atoms with van der Waals surface area (Å²) in [7, 11) is 0. The van der Waals surface area contributed by atoms with Crippen molar-refractivity contribution in [2.45, 2.75) is 19.1 Å². The summed E-state index contributed by atoms with van der Waals surface area (Å²) in [6, 6.07) is 5.46. The zero-order chi connectivity index (χ0) is 13.5. The summed E-state index contributed by atoms with van der Waals surface area (Å²) in [6.45, 7) is 1.01. The van der Waals surface area contributed by atoms with E-state index < -0.39 is 30.5 Å². The highest BCUT2D eigenvalue weighted by Gasteiger charge is 2.15. The van der Waals surface area contributed by atoms with E-state index in [1.54, 1.807) is 0 Å². The number of rotatable bonds is 6. The molecule has 3 N–H and O–H groups in total. The molecule has 0 aliphatic carbocycles. The molecule has 0 aromatic heterocycles. The quantitative estimate of drug-likeness (QED) is 0.673. The van der Waals surface area contributed by atoms with Crippen LogP contribution in [0.5, 0.6) is 5.75 Å². The molecule has 5 nitrogen and oxygen atoms in total. The topological polar surface area (TPSA) is 78.8 Å². The van der Waals surface area contributed by atoms with Crippen LogP contribution < -0.4 is 10.1 Å². The number of aliphatic hydroxyl groups is 2. The zero-order valence-electron chi connectivity index (χ0n) is 9.97. The largest absolute Gasteiger partial charge is 0.481 e. The fourth-order valence-electron chi connectivity index (χ4n) is 1.22. The first-order valence-corrected chi connectivity index (χ1v) is 5.51. The minimum absolute atomic E-state index is 0.0633. The first-order valence-electron chi connectivity index (χ1n) is 5.51. The second-order valence-corrected chi connectivity index (χ2v) is 3.80. The molecule has 1 rings (SSSR count). The predicted molar refractivity (Wildman–Crippen MR) is 62.6 cm³/mol. The minimum atomic E-state index is -1.00. The molecule has 0 heterocycles. The summed E-state index contributed by atoms with van der Waals surface area (Å²) >= 11 is 0. The van der Waals surface area contributed by atoms with Crippen molar-refractivity contribution in [3.05, 3.63) is 30.1 Å². The molecular formula is C12H16FNO4. The Kier molecular flexibility index (Phi) is 5.54. The Hall–Kier alpha value is -1.66. The first kappa shape index (κ1) is 14.4. The smallest absolute Gasteiger partial charge is 0.260 e. The lowest BCUT2D eigenvalue weighted by Crippen LogP contribution is -2.41. The lowest BCUT2D eigenvalue weighted by Gasteiger charge is -2.15. The molecule has 2 unspecified atom stereocenters. The Morgan fingerprint density at radius 3 is 2.89 bits per heavy atom. The maximum absolute atomic E-state index is 12.9. The summed E-state index contributed by atoms with van der Waals surface area (Å²) in [5.41, 5.74) is 0. The van der Waals surface area contributed by atoms with E-state index in [-0.39, 0.29) is 12.3 Å². The van der Waals surface area contributed by atoms with Gasteiger partial charge in [-0.15, -0.1) is 0 Å². The summed E-state index contributed by atoms with van der Waals surface area (Å²) < 4.78 is 18.1. The van der Waals surface area contributed by atoms with Gasteiger partial charge < -0.3 is 20.3 Å². The SMILES string of the molecule is CC(Oc1cccc(F)c1)C(=O)NCC(O)CO. The summed E-state index contributed by atoms with van der Waals surface area (Å²) in [6.07, 6.45) is -1.83. The Labute approximate surface area is 104 Å². The number of hydrogen-bond donors (Lipinski definition) is 3. The number of hydrogen-bond acceptors (Lipinski definition) is 4. The van der Waals surface area contributed by atoms with E-state index in [2.05, 4.69) is 5.32 Å². The highest BCUT2D eigenvalue weighted by molar-refractivity contribution is 5.80. The molecule has 0 fully saturated rings. The third-order valence-electron chi connectivity index (χ3n) is 2.20. The summed E-state index contributed by atoms with van der Waals surface area (Å²) in [5, 5.41) is 20.0. The molecule has 100 valence electrons. The Balaban J connectivity index is 2.45. The zero-order valence-corrected chi connectivity index (χ0v) is 9.97. The third-order valence-corrected chi connectivity index (χ3v) is 2.20. The van der Waals surface area contributed by atoms with Crippen LogP contribution in [-0.2, 0) is 4.79 Å². The lowest BCUT2D eigenvalue weighted by molar-refractivity contribution is -0.127. The van der Waals surface area contributed by atoms with Crippen LogP contribution in [0, 0.1) is 5.82 Å². The number of aliphatic hydroxyl groups excluding tert-OH is 2. The molecule has 1 amide bonds. The summed E-state index contributed by atoms with van der Waals surface area (Å²) in [4.78, 5) is 11.5. The van der Waals surface area contributed by atoms with Crippen LogP contribution >= 0.6 is 0 Å². The van der Waals surface area contributed by atoms with Crippen molar-refractivity contribution in [1.29, 1.82) is 0 Å². The number of carbonyl (C=O) groups is 1. The molecular weight excluding hydrogens is 241 g/mol. The van der Waals surface area contributed by atoms with Crippen LogP contribution in [0.1, 0.15) is 6.92 Å². The van der Waals surface area contributed by atoms with Gasteiger partial charge in [0, 0.05) is 12.6 Å². The highest BCUT2D eigenvalue weighted by Crippen LogP contribution is 2.13. The van der Waals surface area contributed by atoms with Crippen LogP contribution in [-0.4, -0.2) is 41.5 Å². The molecule has 0 saturated carbocycles. The lowest BCUT2D eigenvalue weighted by atomic mass is 10.3. The first-order chi connectivity index (χ1) is 8.52. The van der Waals surface area contributed by atoms with Gasteiger partial charge in [0.2, 0.25) is 0 Å². The van der Waals surface area contributed by atoms with Gasteiger partial charge in [0.15, 0.2) is 6.10 Å². The second-order valence-electron chi connectivity index (χ2n) is 3.80. The van der Waals surface area contributed by atoms with E-state index in [0.717, 1.165) is 0 Å². The number of amides is 1. The van der Waals surface area contributed by atoms with Gasteiger partial charge in [-0.3, -0.25) is 4.79 Å². The fraction of sp³-hybridized carbons (Fsp3) is 0.417. The van der Waals surface area contributed by atoms with Gasteiger partial charge in [-0.05, 0) is 19.1 Å². The average molecular weight is 257 g/mol. The normalized spacial score (nSPS) is 13.8. The molecule has 0 aliphatic rings. The van der Waals surface area contributed by atoms with Crippen molar-refractivity contribution >= 4 is 5.91 Å². The van der Waals surface area contributed by atoms with Crippen LogP contribution in [0.25, 0.3) is 0 Å². The summed E-state index contributed by atoms with van der Waals surface area (Å²) in [5.74, 6) is -0.650. The standard InChI is InChI=1S/C12H16FNO4/c1-8(12(17)14-6-10(16)7-15)18-11-4-2-3-9(13)5-11/h2-5,8,10,15-16H,6-7H2,1H3,(H,14,17). The van der Waals surface area contributed by atoms with Gasteiger partial charge in [-0.25, -0.2) is 4.39 Å². The minimum Gasteiger partial charge on any atom is -0.481 e. The van der Waals surface area contributed by atoms with Gasteiger partial charge in [0.25, 0.3) is 5.91 Å². The number of halogens is 1. The van der Waals surface area contributed by atoms with E-state index in [4.69, 9.17) is 14.9 Å². The molecule has 2 atom stereocenters. The molecule has 0 bridgehead atoms. The molecule has 1 aromatic carbocycles. The van der Waals surface area contributed by atoms with Gasteiger partial charge >= 0.3 is 0 Å². The van der Waals surface area contributed by atoms with Gasteiger partial charge in [-0.2, -0.15) is 0 Å². The highest BCUT2D eigenvalue weighted by atomic mass is 19.1. The van der Waals surface area contributed by atoms with E-state index in [1.165, 1.54) is 31.2 Å². The maximum atomic E-state index is 12.9. The molecule has 0 radical (unpaired) electrons. The third kappa shape index (κ3) is 4.68. The molecule has 0 spiro atoms. The van der Waals surface area contributed by atoms with Crippen molar-refractivity contribution in [1.82, 2.24) is 5.32 Å². The molecule has 18 heavy (non-hydrogen) atoms. The molecule has 1 aromatic rings. The van der Waals surface area contributed by atoms with Crippen molar-refractivity contribution < 1.29 is 24.1 Å². The number of ether oxygens (including phenoxy) is 1. The Morgan fingerprint density at radius 1 is 1.56 bits per heavy atom. The predicted octanol–water partition coefficient (Wildman–Crippen LogP) is 0.0624. The molecule has 0 aliphatic heterocycles. The van der Waals surface area contributed by atoms with Crippen LogP contribution in [0.2, 0.25) is 0 Å². The van der Waals surface area contributed by atoms with E-state index in [1.807, 2.05) is 0 Å². The number of carbonyl (C=O) groups excluding carboxylic acids is 1. The van der Waals surface area contributed by atoms with Crippen molar-refractivity contribution in [2.75, 3.05) is 13.2 Å². The van der Waals surface area contributed by atoms with Gasteiger partial charge in [0.05, 0.1) is 12.7 Å². The maximum Gasteiger partial charge on any atom is 0.260 e. The van der Waals surface area contributed by atoms with E-state index >= 15 is 0 Å². The fourth-order valence-corrected chi connectivity index (χ4v) is 1.22. The Bertz CT molecular complexity index is 399. The van der Waals surface area contributed by atoms with E-state index in [0.29, 0.717) is 0 Å². The molecule has 0 saturated heterocycles. The van der Waals surface area contributed by atoms with Crippen molar-refractivity contribution in [3.63, 3.8) is 0 Å². The van der Waals surface area contributed by atoms with Crippen molar-refractivity contribution in [3.8, 4) is 5.75 Å². The van der Waals surface area contributed by atoms with Crippen LogP contribution in [0.4, 0.5) is 4.39 Å². The second kappa shape index (κ2) is 6.93. The van der Waals surface area contributed by atoms with Crippen LogP contribution in [0.3, 0.4) is 0 Å². The van der Waals surface area contributed by atoms with E-state index in [9.17, 15) is 9.18 Å². The van der Waals surface area contributed by atoms with Gasteiger partial charge in [-0.1, -0.05) is 6.07 Å². The average Bonchev–Trinajstić information content (AvgIpc) is 2.35. The van der Waals surface area contributed by atoms with Gasteiger partial charge in [0.1, 0.15) is 11.6 Å². The number of nitrogens with one attached hydrogen (secondary N) is 1. The van der Waals surface area contributed by atoms with Crippen molar-refractivity contribution in [2.24, 2.45) is 0 Å². The monoisotopic (exact) mass is 257 g/mol. The number of benzene rings is 1. The Morgan fingerprint density at radius 2 is 2.28 bits per heavy atom. The molecule has 6 heteroatoms.